The van der Waals surface area contributed by atoms with Gasteiger partial charge in [0, 0.05) is 43.8 Å². The Labute approximate surface area is 736 Å². The van der Waals surface area contributed by atoms with Gasteiger partial charge in [0.25, 0.3) is 0 Å². The van der Waals surface area contributed by atoms with Gasteiger partial charge in [-0.2, -0.15) is 0 Å². The summed E-state index contributed by atoms with van der Waals surface area (Å²) < 4.78 is 24.0. The molecule has 15 heteroatoms. The number of halogens is 1. The summed E-state index contributed by atoms with van der Waals surface area (Å²) in [7, 11) is -3.37. The average Bonchev–Trinajstić information content (AvgIpc) is 0.783. The molecule has 2 aromatic heterocycles. The Bertz CT molecular complexity index is 5180. The molecular formula is C106H84BBrN2O6P4Pd. The van der Waals surface area contributed by atoms with Crippen LogP contribution in [0.5, 0.6) is 46.0 Å². The second-order valence-electron chi connectivity index (χ2n) is 26.7. The first-order valence-corrected chi connectivity index (χ1v) is 45.3. The van der Waals surface area contributed by atoms with Crippen molar-refractivity contribution < 1.29 is 49.4 Å². The quantitative estimate of drug-likeness (QED) is 0.0631. The molecule has 0 amide bonds. The number of nitrogens with zero attached hydrogens (tertiary/aromatic N) is 2. The third kappa shape index (κ3) is 24.6. The Hall–Kier alpha value is -12.1. The third-order valence-corrected chi connectivity index (χ3v) is 28.8. The largest absolute Gasteiger partial charge is 0.492 e. The van der Waals surface area contributed by atoms with E-state index in [-0.39, 0.29) is 25.9 Å². The molecular weight excluding hydrogens is 1720 g/mol. The number of aromatic nitrogens is 2. The minimum absolute atomic E-state index is 0. The monoisotopic (exact) mass is 1800 g/mol. The fraction of sp³-hybridized carbons (Fsp3) is 0. The fourth-order valence-electron chi connectivity index (χ4n) is 13.1. The number of benzene rings is 16. The van der Waals surface area contributed by atoms with E-state index in [2.05, 4.69) is 390 Å². The molecule has 0 unspecified atom stereocenters. The van der Waals surface area contributed by atoms with Crippen molar-refractivity contribution in [2.75, 3.05) is 0 Å². The maximum atomic E-state index is 9.25. The molecule has 0 saturated heterocycles. The molecule has 20 rings (SSSR count). The Balaban J connectivity index is 0.000000123. The summed E-state index contributed by atoms with van der Waals surface area (Å²) in [5, 5.41) is 35.3. The van der Waals surface area contributed by atoms with Gasteiger partial charge in [0.05, 0.1) is 5.69 Å². The van der Waals surface area contributed by atoms with E-state index in [4.69, 9.17) is 18.9 Å². The number of fused-ring (bicyclic) bond motifs is 4. The molecule has 2 aliphatic heterocycles. The molecule has 0 bridgehead atoms. The zero-order valence-corrected chi connectivity index (χ0v) is 72.5. The summed E-state index contributed by atoms with van der Waals surface area (Å²) in [4.78, 5) is 8.27. The summed E-state index contributed by atoms with van der Waals surface area (Å²) >= 11 is 3.20. The van der Waals surface area contributed by atoms with E-state index in [0.717, 1.165) is 27.4 Å². The van der Waals surface area contributed by atoms with Crippen LogP contribution in [0.15, 0.2) is 502 Å². The van der Waals surface area contributed by atoms with Gasteiger partial charge in [0.1, 0.15) is 4.60 Å². The van der Waals surface area contributed by atoms with Crippen LogP contribution in [0.3, 0.4) is 0 Å². The number of para-hydroxylation sites is 6. The van der Waals surface area contributed by atoms with Crippen molar-refractivity contribution in [3.63, 3.8) is 0 Å². The Morgan fingerprint density at radius 2 is 0.421 bits per heavy atom. The van der Waals surface area contributed by atoms with Gasteiger partial charge in [-0.1, -0.05) is 419 Å². The molecule has 594 valence electrons. The molecule has 121 heavy (non-hydrogen) atoms. The molecule has 0 atom stereocenters. The standard InChI is InChI=1S/4C18H15P.C17H11NO2.C12H9BO4.C5H4BrN.Pd/c4*1-4-10-16(11-5-1)19(17-12-6-2-7-13-17)18-14-8-3-9-15-18;1-2-9-15-14(8-1)19-16-10-5-6-12(17(16)20-15)13-7-3-4-11-18-13;14-13(15)8-4-3-7-11-12(8)17-10-6-2-1-5-9(10)16-11;6-5-3-1-2-4-7-5;/h4*1-15H;1-11H;1-7,14-15H;1-4H;. The van der Waals surface area contributed by atoms with Crippen LogP contribution in [0.1, 0.15) is 0 Å². The first-order chi connectivity index (χ1) is 59.4. The van der Waals surface area contributed by atoms with E-state index in [1.807, 2.05) is 91.0 Å². The molecule has 0 saturated carbocycles. The van der Waals surface area contributed by atoms with E-state index < -0.39 is 38.8 Å². The molecule has 8 nitrogen and oxygen atoms in total. The van der Waals surface area contributed by atoms with Gasteiger partial charge >= 0.3 is 7.12 Å². The molecule has 2 N–H and O–H groups in total. The maximum Gasteiger partial charge on any atom is 0.492 e. The van der Waals surface area contributed by atoms with Crippen LogP contribution in [-0.4, -0.2) is 27.1 Å². The third-order valence-electron chi connectivity index (χ3n) is 18.6. The predicted molar refractivity (Wildman–Crippen MR) is 512 cm³/mol. The number of rotatable bonds is 14. The SMILES string of the molecule is Brc1ccccn1.OB(O)c1cccc2c1Oc1ccccc1O2.[Pd].c1ccc(-c2cccc3c2Oc2ccccc2O3)nc1.c1ccc(P(c2ccccc2)c2ccccc2)cc1.c1ccc(P(c2ccccc2)c2ccccc2)cc1.c1ccc(P(c2ccccc2)c2ccccc2)cc1.c1ccc(P(c2ccccc2)c2ccccc2)cc1. The van der Waals surface area contributed by atoms with Crippen molar-refractivity contribution in [2.24, 2.45) is 0 Å². The summed E-state index contributed by atoms with van der Waals surface area (Å²) in [5.74, 6) is 4.89. The van der Waals surface area contributed by atoms with Crippen molar-refractivity contribution >= 4 is 124 Å². The van der Waals surface area contributed by atoms with Crippen LogP contribution in [0.2, 0.25) is 0 Å². The Morgan fingerprint density at radius 1 is 0.207 bits per heavy atom. The average molecular weight is 1800 g/mol. The van der Waals surface area contributed by atoms with Crippen molar-refractivity contribution in [3.05, 3.63) is 502 Å². The molecule has 0 spiro atoms. The maximum absolute atomic E-state index is 9.25. The number of hydrogen-bond donors (Lipinski definition) is 2. The first kappa shape index (κ1) is 86.7. The smallest absolute Gasteiger partial charge is 0.450 e. The van der Waals surface area contributed by atoms with Gasteiger partial charge in [-0.3, -0.25) is 4.98 Å². The molecule has 4 heterocycles. The molecule has 0 aliphatic carbocycles. The van der Waals surface area contributed by atoms with E-state index in [0.29, 0.717) is 34.5 Å². The van der Waals surface area contributed by atoms with Gasteiger partial charge in [0.2, 0.25) is 0 Å². The molecule has 18 aromatic rings. The normalized spacial score (nSPS) is 10.8. The van der Waals surface area contributed by atoms with E-state index >= 15 is 0 Å². The molecule has 16 aromatic carbocycles. The van der Waals surface area contributed by atoms with Crippen LogP contribution in [0, 0.1) is 0 Å². The van der Waals surface area contributed by atoms with E-state index in [1.54, 1.807) is 42.7 Å². The number of pyridine rings is 2. The zero-order valence-electron chi connectivity index (χ0n) is 65.8. The van der Waals surface area contributed by atoms with E-state index in [1.165, 1.54) is 63.7 Å². The molecule has 2 aliphatic rings. The van der Waals surface area contributed by atoms with Crippen LogP contribution in [-0.2, 0) is 20.4 Å². The Morgan fingerprint density at radius 3 is 0.653 bits per heavy atom. The topological polar surface area (TPSA) is 103 Å². The number of hydrogen-bond acceptors (Lipinski definition) is 8. The van der Waals surface area contributed by atoms with Gasteiger partial charge in [-0.25, -0.2) is 4.98 Å². The van der Waals surface area contributed by atoms with Crippen molar-refractivity contribution in [3.8, 4) is 57.3 Å². The van der Waals surface area contributed by atoms with Gasteiger partial charge in [0.15, 0.2) is 46.0 Å². The predicted octanol–water partition coefficient (Wildman–Crippen LogP) is 21.5. The van der Waals surface area contributed by atoms with E-state index in [9.17, 15) is 10.0 Å². The molecule has 0 fully saturated rings. The van der Waals surface area contributed by atoms with Crippen molar-refractivity contribution in [1.82, 2.24) is 9.97 Å². The van der Waals surface area contributed by atoms with Gasteiger partial charge in [-0.05, 0) is 178 Å². The second-order valence-corrected chi connectivity index (χ2v) is 36.4. The van der Waals surface area contributed by atoms with Crippen molar-refractivity contribution in [1.29, 1.82) is 0 Å². The van der Waals surface area contributed by atoms with Crippen LogP contribution >= 0.6 is 47.6 Å². The summed E-state index contributed by atoms with van der Waals surface area (Å²) in [6.07, 6.45) is 3.51. The molecule has 0 radical (unpaired) electrons. The fourth-order valence-corrected chi connectivity index (χ4v) is 22.6. The Kier molecular flexibility index (Phi) is 33.3. The second kappa shape index (κ2) is 46.4. The first-order valence-electron chi connectivity index (χ1n) is 39.2. The summed E-state index contributed by atoms with van der Waals surface area (Å²) in [5.41, 5.74) is 2.09. The van der Waals surface area contributed by atoms with Crippen LogP contribution in [0.4, 0.5) is 0 Å². The summed E-state index contributed by atoms with van der Waals surface area (Å²) in [6, 6.07) is 166. The van der Waals surface area contributed by atoms with Crippen LogP contribution in [0.25, 0.3) is 11.3 Å². The minimum Gasteiger partial charge on any atom is -0.450 e. The number of ether oxygens (including phenoxy) is 4. The van der Waals surface area contributed by atoms with Crippen LogP contribution < -0.4 is 88.1 Å². The van der Waals surface area contributed by atoms with Gasteiger partial charge in [-0.15, -0.1) is 0 Å². The van der Waals surface area contributed by atoms with Gasteiger partial charge < -0.3 is 29.0 Å². The summed E-state index contributed by atoms with van der Waals surface area (Å²) in [6.45, 7) is 0. The minimum atomic E-state index is -1.58. The van der Waals surface area contributed by atoms with Crippen molar-refractivity contribution in [2.45, 2.75) is 0 Å². The zero-order chi connectivity index (χ0) is 82.0.